The molecule has 84 valence electrons. The first-order valence-electron chi connectivity index (χ1n) is 5.04. The summed E-state index contributed by atoms with van der Waals surface area (Å²) in [5.41, 5.74) is 0. The Labute approximate surface area is 85.9 Å². The number of ether oxygens (including phenoxy) is 1. The molecule has 1 saturated heterocycles. The summed E-state index contributed by atoms with van der Waals surface area (Å²) < 4.78 is 28.1. The van der Waals surface area contributed by atoms with Crippen LogP contribution in [0.5, 0.6) is 0 Å². The highest BCUT2D eigenvalue weighted by Crippen LogP contribution is 2.17. The molecule has 0 aliphatic carbocycles. The molecule has 2 atom stereocenters. The molecule has 0 aromatic rings. The summed E-state index contributed by atoms with van der Waals surface area (Å²) in [6, 6.07) is 0.0439. The second-order valence-electron chi connectivity index (χ2n) is 3.72. The van der Waals surface area contributed by atoms with Crippen molar-refractivity contribution in [2.75, 3.05) is 31.8 Å². The summed E-state index contributed by atoms with van der Waals surface area (Å²) in [7, 11) is -1.07. The third kappa shape index (κ3) is 3.22. The lowest BCUT2D eigenvalue weighted by atomic mass is 10.0. The van der Waals surface area contributed by atoms with Crippen molar-refractivity contribution in [2.24, 2.45) is 5.92 Å². The number of hydrogen-bond donors (Lipinski definition) is 1. The number of nitrogens with one attached hydrogen (secondary N) is 1. The topological polar surface area (TPSA) is 55.4 Å². The van der Waals surface area contributed by atoms with Crippen LogP contribution in [0.15, 0.2) is 0 Å². The first-order valence-corrected chi connectivity index (χ1v) is 6.86. The minimum atomic E-state index is -2.89. The number of rotatable bonds is 5. The van der Waals surface area contributed by atoms with Crippen LogP contribution in [0.2, 0.25) is 0 Å². The summed E-state index contributed by atoms with van der Waals surface area (Å²) in [5, 5.41) is 3.08. The van der Waals surface area contributed by atoms with Crippen LogP contribution in [0.1, 0.15) is 13.3 Å². The predicted molar refractivity (Wildman–Crippen MR) is 56.1 cm³/mol. The molecule has 0 saturated carbocycles. The van der Waals surface area contributed by atoms with E-state index in [2.05, 4.69) is 5.32 Å². The van der Waals surface area contributed by atoms with Gasteiger partial charge in [-0.2, -0.15) is 0 Å². The summed E-state index contributed by atoms with van der Waals surface area (Å²) in [6.45, 7) is 3.13. The van der Waals surface area contributed by atoms with Gasteiger partial charge >= 0.3 is 0 Å². The van der Waals surface area contributed by atoms with Crippen LogP contribution in [0.25, 0.3) is 0 Å². The SMILES string of the molecule is CCS(=O)(=O)CC(NC)C1CCOC1. The lowest BCUT2D eigenvalue weighted by Gasteiger charge is -2.21. The van der Waals surface area contributed by atoms with Gasteiger partial charge in [-0.3, -0.25) is 0 Å². The fourth-order valence-electron chi connectivity index (χ4n) is 1.72. The van der Waals surface area contributed by atoms with Gasteiger partial charge in [0.25, 0.3) is 0 Å². The van der Waals surface area contributed by atoms with Gasteiger partial charge in [0.1, 0.15) is 0 Å². The van der Waals surface area contributed by atoms with Crippen molar-refractivity contribution in [3.8, 4) is 0 Å². The molecule has 0 spiro atoms. The number of sulfone groups is 1. The Kier molecular flexibility index (Phi) is 4.34. The van der Waals surface area contributed by atoms with Gasteiger partial charge in [-0.15, -0.1) is 0 Å². The maximum Gasteiger partial charge on any atom is 0.151 e. The highest BCUT2D eigenvalue weighted by atomic mass is 32.2. The van der Waals surface area contributed by atoms with E-state index in [1.54, 1.807) is 6.92 Å². The quantitative estimate of drug-likeness (QED) is 0.712. The first-order chi connectivity index (χ1) is 6.59. The third-order valence-corrected chi connectivity index (χ3v) is 4.52. The van der Waals surface area contributed by atoms with Crippen LogP contribution in [0, 0.1) is 5.92 Å². The second kappa shape index (κ2) is 5.09. The van der Waals surface area contributed by atoms with Crippen LogP contribution in [0.4, 0.5) is 0 Å². The Bertz CT molecular complexity index is 257. The van der Waals surface area contributed by atoms with Crippen molar-refractivity contribution >= 4 is 9.84 Å². The fraction of sp³-hybridized carbons (Fsp3) is 1.00. The molecule has 1 N–H and O–H groups in total. The maximum absolute atomic E-state index is 11.4. The van der Waals surface area contributed by atoms with Crippen molar-refractivity contribution in [1.29, 1.82) is 0 Å². The molecule has 14 heavy (non-hydrogen) atoms. The first kappa shape index (κ1) is 11.9. The fourth-order valence-corrected chi connectivity index (χ4v) is 2.94. The highest BCUT2D eigenvalue weighted by Gasteiger charge is 2.27. The van der Waals surface area contributed by atoms with Gasteiger partial charge in [0.05, 0.1) is 12.4 Å². The number of hydrogen-bond acceptors (Lipinski definition) is 4. The van der Waals surface area contributed by atoms with E-state index in [0.29, 0.717) is 12.5 Å². The molecule has 1 aliphatic heterocycles. The van der Waals surface area contributed by atoms with E-state index < -0.39 is 9.84 Å². The Balaban J connectivity index is 2.54. The van der Waals surface area contributed by atoms with Crippen molar-refractivity contribution < 1.29 is 13.2 Å². The largest absolute Gasteiger partial charge is 0.381 e. The molecule has 1 rings (SSSR count). The summed E-state index contributed by atoms with van der Waals surface area (Å²) >= 11 is 0. The Morgan fingerprint density at radius 3 is 2.71 bits per heavy atom. The Morgan fingerprint density at radius 2 is 2.29 bits per heavy atom. The molecule has 4 nitrogen and oxygen atoms in total. The molecule has 0 amide bonds. The predicted octanol–water partition coefficient (Wildman–Crippen LogP) is 0.0456. The Morgan fingerprint density at radius 1 is 1.57 bits per heavy atom. The van der Waals surface area contributed by atoms with Gasteiger partial charge in [-0.1, -0.05) is 6.92 Å². The van der Waals surface area contributed by atoms with Crippen LogP contribution >= 0.6 is 0 Å². The Hall–Kier alpha value is -0.130. The van der Waals surface area contributed by atoms with Gasteiger partial charge in [-0.05, 0) is 13.5 Å². The smallest absolute Gasteiger partial charge is 0.151 e. The molecule has 1 heterocycles. The van der Waals surface area contributed by atoms with Crippen molar-refractivity contribution in [1.82, 2.24) is 5.32 Å². The lowest BCUT2D eigenvalue weighted by Crippen LogP contribution is -2.40. The van der Waals surface area contributed by atoms with Gasteiger partial charge < -0.3 is 10.1 Å². The molecule has 0 radical (unpaired) electrons. The van der Waals surface area contributed by atoms with Crippen molar-refractivity contribution in [3.05, 3.63) is 0 Å². The minimum absolute atomic E-state index is 0.0439. The van der Waals surface area contributed by atoms with Gasteiger partial charge in [0, 0.05) is 24.3 Å². The zero-order valence-electron chi connectivity index (χ0n) is 8.82. The summed E-state index contributed by atoms with van der Waals surface area (Å²) in [5.74, 6) is 0.800. The maximum atomic E-state index is 11.4. The monoisotopic (exact) mass is 221 g/mol. The molecule has 5 heteroatoms. The molecule has 1 fully saturated rings. The molecule has 0 bridgehead atoms. The van der Waals surface area contributed by atoms with E-state index in [0.717, 1.165) is 13.0 Å². The molecule has 0 aromatic heterocycles. The minimum Gasteiger partial charge on any atom is -0.381 e. The summed E-state index contributed by atoms with van der Waals surface area (Å²) in [4.78, 5) is 0. The zero-order chi connectivity index (χ0) is 10.6. The van der Waals surface area contributed by atoms with Gasteiger partial charge in [-0.25, -0.2) is 8.42 Å². The van der Waals surface area contributed by atoms with Crippen LogP contribution in [-0.4, -0.2) is 46.2 Å². The standard InChI is InChI=1S/C9H19NO3S/c1-3-14(11,12)7-9(10-2)8-4-5-13-6-8/h8-10H,3-7H2,1-2H3. The van der Waals surface area contributed by atoms with E-state index in [1.165, 1.54) is 0 Å². The lowest BCUT2D eigenvalue weighted by molar-refractivity contribution is 0.179. The van der Waals surface area contributed by atoms with E-state index in [4.69, 9.17) is 4.74 Å². The highest BCUT2D eigenvalue weighted by molar-refractivity contribution is 7.91. The van der Waals surface area contributed by atoms with Gasteiger partial charge in [0.2, 0.25) is 0 Å². The third-order valence-electron chi connectivity index (χ3n) is 2.78. The van der Waals surface area contributed by atoms with E-state index in [1.807, 2.05) is 7.05 Å². The van der Waals surface area contributed by atoms with Crippen LogP contribution in [0.3, 0.4) is 0 Å². The van der Waals surface area contributed by atoms with Crippen molar-refractivity contribution in [2.45, 2.75) is 19.4 Å². The zero-order valence-corrected chi connectivity index (χ0v) is 9.64. The van der Waals surface area contributed by atoms with Crippen LogP contribution in [-0.2, 0) is 14.6 Å². The average Bonchev–Trinajstić information content (AvgIpc) is 2.67. The molecular formula is C9H19NO3S. The molecule has 0 aromatic carbocycles. The molecule has 1 aliphatic rings. The van der Waals surface area contributed by atoms with E-state index in [9.17, 15) is 8.42 Å². The normalized spacial score (nSPS) is 25.1. The van der Waals surface area contributed by atoms with E-state index >= 15 is 0 Å². The molecular weight excluding hydrogens is 202 g/mol. The van der Waals surface area contributed by atoms with Gasteiger partial charge in [0.15, 0.2) is 9.84 Å². The second-order valence-corrected chi connectivity index (χ2v) is 6.12. The van der Waals surface area contributed by atoms with Crippen molar-refractivity contribution in [3.63, 3.8) is 0 Å². The average molecular weight is 221 g/mol. The van der Waals surface area contributed by atoms with E-state index in [-0.39, 0.29) is 17.5 Å². The summed E-state index contributed by atoms with van der Waals surface area (Å²) in [6.07, 6.45) is 0.963. The molecule has 2 unspecified atom stereocenters. The van der Waals surface area contributed by atoms with Crippen LogP contribution < -0.4 is 5.32 Å².